The zero-order chi connectivity index (χ0) is 11.2. The molecule has 4 aliphatic rings. The van der Waals surface area contributed by atoms with Gasteiger partial charge in [-0.25, -0.2) is 0 Å². The summed E-state index contributed by atoms with van der Waals surface area (Å²) >= 11 is 0. The van der Waals surface area contributed by atoms with Crippen LogP contribution in [0.2, 0.25) is 0 Å². The molecule has 4 rings (SSSR count). The van der Waals surface area contributed by atoms with Crippen molar-refractivity contribution in [1.82, 2.24) is 5.32 Å². The van der Waals surface area contributed by atoms with Crippen LogP contribution < -0.4 is 5.32 Å². The van der Waals surface area contributed by atoms with Crippen LogP contribution in [0, 0.1) is 5.41 Å². The van der Waals surface area contributed by atoms with Gasteiger partial charge in [0.1, 0.15) is 6.61 Å². The Morgan fingerprint density at radius 2 is 2.06 bits per heavy atom. The SMILES string of the molecule is O=C(COC1CCC1)NC12CC(CO)(C1)C2. The van der Waals surface area contributed by atoms with Gasteiger partial charge < -0.3 is 15.2 Å². The lowest BCUT2D eigenvalue weighted by atomic mass is 9.39. The number of nitrogens with one attached hydrogen (secondary N) is 1. The van der Waals surface area contributed by atoms with Crippen LogP contribution in [0.15, 0.2) is 0 Å². The molecule has 0 unspecified atom stereocenters. The Hall–Kier alpha value is -0.610. The Morgan fingerprint density at radius 3 is 2.56 bits per heavy atom. The number of hydrogen-bond acceptors (Lipinski definition) is 3. The molecule has 0 spiro atoms. The van der Waals surface area contributed by atoms with Gasteiger partial charge in [0.2, 0.25) is 5.91 Å². The first-order chi connectivity index (χ1) is 7.65. The van der Waals surface area contributed by atoms with Gasteiger partial charge in [-0.2, -0.15) is 0 Å². The van der Waals surface area contributed by atoms with Gasteiger partial charge >= 0.3 is 0 Å². The fourth-order valence-electron chi connectivity index (χ4n) is 3.36. The standard InChI is InChI=1S/C12H19NO3/c14-8-11-5-12(6-11,7-11)13-10(15)4-16-9-2-1-3-9/h9,14H,1-8H2,(H,13,15). The van der Waals surface area contributed by atoms with Crippen LogP contribution in [0.3, 0.4) is 0 Å². The highest BCUT2D eigenvalue weighted by molar-refractivity contribution is 5.78. The second-order valence-corrected chi connectivity index (χ2v) is 5.88. The lowest BCUT2D eigenvalue weighted by Gasteiger charge is -2.70. The lowest BCUT2D eigenvalue weighted by Crippen LogP contribution is -2.76. The van der Waals surface area contributed by atoms with E-state index in [1.807, 2.05) is 0 Å². The van der Waals surface area contributed by atoms with Gasteiger partial charge in [0, 0.05) is 17.6 Å². The van der Waals surface area contributed by atoms with Gasteiger partial charge in [-0.3, -0.25) is 4.79 Å². The molecular weight excluding hydrogens is 206 g/mol. The Labute approximate surface area is 95.4 Å². The minimum absolute atomic E-state index is 0.0122. The minimum atomic E-state index is 0.0122. The molecule has 4 heteroatoms. The molecule has 4 nitrogen and oxygen atoms in total. The first kappa shape index (κ1) is 10.5. The van der Waals surface area contributed by atoms with Gasteiger partial charge in [0.15, 0.2) is 0 Å². The van der Waals surface area contributed by atoms with E-state index in [-0.39, 0.29) is 30.1 Å². The Kier molecular flexibility index (Phi) is 2.27. The molecule has 16 heavy (non-hydrogen) atoms. The zero-order valence-electron chi connectivity index (χ0n) is 9.50. The predicted octanol–water partition coefficient (Wildman–Crippen LogP) is 0.587. The topological polar surface area (TPSA) is 58.6 Å². The first-order valence-electron chi connectivity index (χ1n) is 6.19. The summed E-state index contributed by atoms with van der Waals surface area (Å²) in [7, 11) is 0. The third kappa shape index (κ3) is 1.55. The summed E-state index contributed by atoms with van der Waals surface area (Å²) in [6, 6.07) is 0. The number of ether oxygens (including phenoxy) is 1. The second-order valence-electron chi connectivity index (χ2n) is 5.88. The van der Waals surface area contributed by atoms with Gasteiger partial charge in [-0.05, 0) is 38.5 Å². The summed E-state index contributed by atoms with van der Waals surface area (Å²) < 4.78 is 5.46. The molecule has 0 aromatic carbocycles. The average Bonchev–Trinajstić information content (AvgIpc) is 2.06. The monoisotopic (exact) mass is 225 g/mol. The molecule has 2 N–H and O–H groups in total. The number of aliphatic hydroxyl groups excluding tert-OH is 1. The summed E-state index contributed by atoms with van der Waals surface area (Å²) in [6.45, 7) is 0.474. The first-order valence-corrected chi connectivity index (χ1v) is 6.19. The number of carbonyl (C=O) groups is 1. The van der Waals surface area contributed by atoms with Gasteiger partial charge in [-0.15, -0.1) is 0 Å². The van der Waals surface area contributed by atoms with E-state index in [1.165, 1.54) is 6.42 Å². The average molecular weight is 225 g/mol. The van der Waals surface area contributed by atoms with E-state index in [4.69, 9.17) is 9.84 Å². The van der Waals surface area contributed by atoms with Crippen molar-refractivity contribution < 1.29 is 14.6 Å². The molecule has 0 aromatic rings. The number of hydrogen-bond donors (Lipinski definition) is 2. The molecule has 0 heterocycles. The van der Waals surface area contributed by atoms with Crippen LogP contribution in [0.1, 0.15) is 38.5 Å². The quantitative estimate of drug-likeness (QED) is 0.720. The summed E-state index contributed by atoms with van der Waals surface area (Å²) in [6.07, 6.45) is 6.61. The van der Waals surface area contributed by atoms with Crippen molar-refractivity contribution >= 4 is 5.91 Å². The summed E-state index contributed by atoms with van der Waals surface area (Å²) in [5.41, 5.74) is 0.172. The van der Waals surface area contributed by atoms with Gasteiger partial charge in [0.05, 0.1) is 6.10 Å². The van der Waals surface area contributed by atoms with Crippen molar-refractivity contribution in [2.75, 3.05) is 13.2 Å². The van der Waals surface area contributed by atoms with E-state index in [1.54, 1.807) is 0 Å². The van der Waals surface area contributed by atoms with Crippen molar-refractivity contribution in [3.8, 4) is 0 Å². The van der Waals surface area contributed by atoms with Crippen molar-refractivity contribution in [3.63, 3.8) is 0 Å². The Morgan fingerprint density at radius 1 is 1.38 bits per heavy atom. The van der Waals surface area contributed by atoms with Crippen LogP contribution in [0.5, 0.6) is 0 Å². The van der Waals surface area contributed by atoms with E-state index in [0.29, 0.717) is 6.10 Å². The second kappa shape index (κ2) is 3.44. The molecule has 0 radical (unpaired) electrons. The third-order valence-electron chi connectivity index (χ3n) is 4.38. The molecule has 90 valence electrons. The Balaban J connectivity index is 1.38. The summed E-state index contributed by atoms with van der Waals surface area (Å²) in [5.74, 6) is 0.0122. The highest BCUT2D eigenvalue weighted by Gasteiger charge is 2.68. The largest absolute Gasteiger partial charge is 0.396 e. The van der Waals surface area contributed by atoms with E-state index >= 15 is 0 Å². The third-order valence-corrected chi connectivity index (χ3v) is 4.38. The van der Waals surface area contributed by atoms with E-state index in [0.717, 1.165) is 32.1 Å². The minimum Gasteiger partial charge on any atom is -0.396 e. The molecule has 1 amide bonds. The highest BCUT2D eigenvalue weighted by Crippen LogP contribution is 2.66. The number of carbonyl (C=O) groups excluding carboxylic acids is 1. The van der Waals surface area contributed by atoms with Gasteiger partial charge in [0.25, 0.3) is 0 Å². The van der Waals surface area contributed by atoms with Crippen LogP contribution in [0.25, 0.3) is 0 Å². The fraction of sp³-hybridized carbons (Fsp3) is 0.917. The number of amides is 1. The van der Waals surface area contributed by atoms with Crippen molar-refractivity contribution in [1.29, 1.82) is 0 Å². The molecule has 0 saturated heterocycles. The molecule has 0 aromatic heterocycles. The smallest absolute Gasteiger partial charge is 0.246 e. The molecule has 4 fully saturated rings. The molecule has 4 aliphatic carbocycles. The van der Waals surface area contributed by atoms with Crippen molar-refractivity contribution in [2.45, 2.75) is 50.2 Å². The maximum Gasteiger partial charge on any atom is 0.246 e. The molecular formula is C12H19NO3. The van der Waals surface area contributed by atoms with Crippen LogP contribution in [-0.4, -0.2) is 35.9 Å². The maximum absolute atomic E-state index is 11.6. The van der Waals surface area contributed by atoms with E-state index in [2.05, 4.69) is 5.32 Å². The number of rotatable bonds is 5. The van der Waals surface area contributed by atoms with Crippen LogP contribution >= 0.6 is 0 Å². The maximum atomic E-state index is 11.6. The Bertz CT molecular complexity index is 292. The van der Waals surface area contributed by atoms with Crippen LogP contribution in [-0.2, 0) is 9.53 Å². The van der Waals surface area contributed by atoms with E-state index in [9.17, 15) is 4.79 Å². The van der Waals surface area contributed by atoms with Crippen molar-refractivity contribution in [3.05, 3.63) is 0 Å². The van der Waals surface area contributed by atoms with E-state index < -0.39 is 0 Å². The summed E-state index contributed by atoms with van der Waals surface area (Å²) in [5, 5.41) is 12.2. The predicted molar refractivity (Wildman–Crippen MR) is 57.8 cm³/mol. The molecule has 2 bridgehead atoms. The molecule has 0 atom stereocenters. The zero-order valence-corrected chi connectivity index (χ0v) is 9.50. The lowest BCUT2D eigenvalue weighted by molar-refractivity contribution is -0.185. The van der Waals surface area contributed by atoms with Crippen molar-refractivity contribution in [2.24, 2.45) is 5.41 Å². The normalized spacial score (nSPS) is 40.6. The van der Waals surface area contributed by atoms with Gasteiger partial charge in [-0.1, -0.05) is 0 Å². The number of aliphatic hydroxyl groups is 1. The summed E-state index contributed by atoms with van der Waals surface area (Å²) in [4.78, 5) is 11.6. The molecule has 0 aliphatic heterocycles. The van der Waals surface area contributed by atoms with Crippen LogP contribution in [0.4, 0.5) is 0 Å². The molecule has 4 saturated carbocycles. The highest BCUT2D eigenvalue weighted by atomic mass is 16.5. The fourth-order valence-corrected chi connectivity index (χ4v) is 3.36.